The van der Waals surface area contributed by atoms with Crippen LogP contribution in [0.15, 0.2) is 73.3 Å². The Morgan fingerprint density at radius 1 is 0.879 bits per heavy atom. The Hall–Kier alpha value is -3.77. The van der Waals surface area contributed by atoms with Crippen molar-refractivity contribution in [3.63, 3.8) is 0 Å². The van der Waals surface area contributed by atoms with E-state index in [1.54, 1.807) is 6.33 Å². The first-order valence-electron chi connectivity index (χ1n) is 11.5. The third-order valence-corrected chi connectivity index (χ3v) is 6.64. The standard InChI is InChI=1S/C27H26N6/c1-33-11-9-21(10-12-33)32-27-23-13-19(7-8-25(23)30-17-31-27)24-16-29-26-22(24)14-20(15-28-26)18-5-3-2-4-6-18/h2-8,13-17,21H,9-12H2,1H3,(H,28,29)(H,30,31,32). The van der Waals surface area contributed by atoms with Crippen LogP contribution >= 0.6 is 0 Å². The molecule has 1 aliphatic heterocycles. The summed E-state index contributed by atoms with van der Waals surface area (Å²) in [5.74, 6) is 0.916. The number of piperidine rings is 1. The molecule has 5 aromatic rings. The van der Waals surface area contributed by atoms with Crippen LogP contribution in [0.2, 0.25) is 0 Å². The van der Waals surface area contributed by atoms with E-state index in [4.69, 9.17) is 0 Å². The number of H-pyrrole nitrogens is 1. The van der Waals surface area contributed by atoms with Crippen molar-refractivity contribution in [3.05, 3.63) is 73.3 Å². The van der Waals surface area contributed by atoms with E-state index in [0.717, 1.165) is 75.9 Å². The molecule has 0 bridgehead atoms. The van der Waals surface area contributed by atoms with Gasteiger partial charge in [0.25, 0.3) is 0 Å². The van der Waals surface area contributed by atoms with Crippen LogP contribution in [0.25, 0.3) is 44.2 Å². The van der Waals surface area contributed by atoms with Crippen molar-refractivity contribution in [2.75, 3.05) is 25.5 Å². The lowest BCUT2D eigenvalue weighted by Crippen LogP contribution is -2.36. The molecule has 2 N–H and O–H groups in total. The number of aromatic nitrogens is 4. The largest absolute Gasteiger partial charge is 0.367 e. The lowest BCUT2D eigenvalue weighted by Gasteiger charge is -2.30. The molecule has 33 heavy (non-hydrogen) atoms. The molecule has 0 radical (unpaired) electrons. The maximum absolute atomic E-state index is 4.67. The Morgan fingerprint density at radius 2 is 1.70 bits per heavy atom. The maximum atomic E-state index is 4.67. The Bertz CT molecular complexity index is 1420. The summed E-state index contributed by atoms with van der Waals surface area (Å²) in [5.41, 5.74) is 6.37. The van der Waals surface area contributed by atoms with Gasteiger partial charge >= 0.3 is 0 Å². The number of aromatic amines is 1. The summed E-state index contributed by atoms with van der Waals surface area (Å²) in [6.07, 6.45) is 7.87. The maximum Gasteiger partial charge on any atom is 0.137 e. The van der Waals surface area contributed by atoms with Crippen LogP contribution in [0.5, 0.6) is 0 Å². The summed E-state index contributed by atoms with van der Waals surface area (Å²) >= 11 is 0. The molecule has 0 aliphatic carbocycles. The molecule has 3 aromatic heterocycles. The molecule has 0 atom stereocenters. The second-order valence-corrected chi connectivity index (χ2v) is 8.86. The lowest BCUT2D eigenvalue weighted by molar-refractivity contribution is 0.264. The first kappa shape index (κ1) is 19.9. The van der Waals surface area contributed by atoms with Gasteiger partial charge in [-0.15, -0.1) is 0 Å². The van der Waals surface area contributed by atoms with Crippen molar-refractivity contribution in [1.82, 2.24) is 24.8 Å². The molecule has 1 aliphatic rings. The number of likely N-dealkylation sites (tertiary alicyclic amines) is 1. The normalized spacial score (nSPS) is 15.3. The van der Waals surface area contributed by atoms with Gasteiger partial charge in [-0.25, -0.2) is 15.0 Å². The van der Waals surface area contributed by atoms with Gasteiger partial charge in [-0.05, 0) is 62.3 Å². The van der Waals surface area contributed by atoms with Gasteiger partial charge in [-0.1, -0.05) is 36.4 Å². The number of nitrogens with zero attached hydrogens (tertiary/aromatic N) is 4. The monoisotopic (exact) mass is 434 g/mol. The van der Waals surface area contributed by atoms with Gasteiger partial charge in [0, 0.05) is 40.3 Å². The minimum absolute atomic E-state index is 0.439. The molecule has 4 heterocycles. The Morgan fingerprint density at radius 3 is 2.55 bits per heavy atom. The number of hydrogen-bond acceptors (Lipinski definition) is 5. The molecule has 0 unspecified atom stereocenters. The highest BCUT2D eigenvalue weighted by Gasteiger charge is 2.18. The molecule has 0 spiro atoms. The highest BCUT2D eigenvalue weighted by atomic mass is 15.1. The number of benzene rings is 2. The molecule has 6 heteroatoms. The summed E-state index contributed by atoms with van der Waals surface area (Å²) in [4.78, 5) is 19.5. The Balaban J connectivity index is 1.40. The SMILES string of the molecule is CN1CCC(Nc2ncnc3ccc(-c4c[nH]c5ncc(-c6ccccc6)cc45)cc23)CC1. The molecule has 6 nitrogen and oxygen atoms in total. The van der Waals surface area contributed by atoms with Crippen molar-refractivity contribution in [2.24, 2.45) is 0 Å². The quantitative estimate of drug-likeness (QED) is 0.399. The van der Waals surface area contributed by atoms with E-state index in [2.05, 4.69) is 85.7 Å². The van der Waals surface area contributed by atoms with E-state index in [0.29, 0.717) is 6.04 Å². The summed E-state index contributed by atoms with van der Waals surface area (Å²) < 4.78 is 0. The molecule has 0 amide bonds. The van der Waals surface area contributed by atoms with Gasteiger partial charge in [-0.2, -0.15) is 0 Å². The van der Waals surface area contributed by atoms with Crippen molar-refractivity contribution >= 4 is 27.8 Å². The van der Waals surface area contributed by atoms with E-state index < -0.39 is 0 Å². The fourth-order valence-electron chi connectivity index (χ4n) is 4.72. The fourth-order valence-corrected chi connectivity index (χ4v) is 4.72. The molecule has 0 saturated carbocycles. The zero-order valence-electron chi connectivity index (χ0n) is 18.6. The van der Waals surface area contributed by atoms with Gasteiger partial charge in [0.1, 0.15) is 17.8 Å². The Labute approximate surface area is 192 Å². The molecule has 2 aromatic carbocycles. The van der Waals surface area contributed by atoms with Crippen LogP contribution < -0.4 is 5.32 Å². The van der Waals surface area contributed by atoms with Gasteiger partial charge < -0.3 is 15.2 Å². The van der Waals surface area contributed by atoms with Crippen molar-refractivity contribution in [2.45, 2.75) is 18.9 Å². The molecule has 6 rings (SSSR count). The minimum Gasteiger partial charge on any atom is -0.367 e. The fraction of sp³-hybridized carbons (Fsp3) is 0.222. The summed E-state index contributed by atoms with van der Waals surface area (Å²) in [6.45, 7) is 2.22. The average molecular weight is 435 g/mol. The number of nitrogens with one attached hydrogen (secondary N) is 2. The number of rotatable bonds is 4. The number of anilines is 1. The highest BCUT2D eigenvalue weighted by Crippen LogP contribution is 2.33. The third-order valence-electron chi connectivity index (χ3n) is 6.64. The van der Waals surface area contributed by atoms with Gasteiger partial charge in [0.2, 0.25) is 0 Å². The molecular formula is C27H26N6. The number of hydrogen-bond donors (Lipinski definition) is 2. The van der Waals surface area contributed by atoms with E-state index >= 15 is 0 Å². The second kappa shape index (κ2) is 8.30. The topological polar surface area (TPSA) is 69.7 Å². The van der Waals surface area contributed by atoms with Gasteiger partial charge in [-0.3, -0.25) is 0 Å². The van der Waals surface area contributed by atoms with Crippen molar-refractivity contribution < 1.29 is 0 Å². The van der Waals surface area contributed by atoms with E-state index in [1.807, 2.05) is 18.5 Å². The lowest BCUT2D eigenvalue weighted by atomic mass is 10.0. The zero-order valence-corrected chi connectivity index (χ0v) is 18.6. The van der Waals surface area contributed by atoms with E-state index in [9.17, 15) is 0 Å². The first-order chi connectivity index (χ1) is 16.2. The van der Waals surface area contributed by atoms with Crippen molar-refractivity contribution in [3.8, 4) is 22.3 Å². The highest BCUT2D eigenvalue weighted by molar-refractivity contribution is 5.99. The van der Waals surface area contributed by atoms with Crippen LogP contribution in [-0.2, 0) is 0 Å². The Kier molecular flexibility index (Phi) is 5.00. The summed E-state index contributed by atoms with van der Waals surface area (Å²) in [7, 11) is 2.18. The number of pyridine rings is 1. The van der Waals surface area contributed by atoms with Crippen LogP contribution in [-0.4, -0.2) is 51.0 Å². The smallest absolute Gasteiger partial charge is 0.137 e. The second-order valence-electron chi connectivity index (χ2n) is 8.86. The average Bonchev–Trinajstić information content (AvgIpc) is 3.29. The summed E-state index contributed by atoms with van der Waals surface area (Å²) in [5, 5.41) is 5.85. The zero-order chi connectivity index (χ0) is 22.2. The van der Waals surface area contributed by atoms with Crippen LogP contribution in [0, 0.1) is 0 Å². The first-order valence-corrected chi connectivity index (χ1v) is 11.5. The predicted octanol–water partition coefficient (Wildman–Crippen LogP) is 5.35. The van der Waals surface area contributed by atoms with Gasteiger partial charge in [0.05, 0.1) is 5.52 Å². The van der Waals surface area contributed by atoms with Crippen molar-refractivity contribution in [1.29, 1.82) is 0 Å². The third kappa shape index (κ3) is 3.83. The molecular weight excluding hydrogens is 408 g/mol. The van der Waals surface area contributed by atoms with Gasteiger partial charge in [0.15, 0.2) is 0 Å². The predicted molar refractivity (Wildman–Crippen MR) is 134 cm³/mol. The van der Waals surface area contributed by atoms with Crippen LogP contribution in [0.4, 0.5) is 5.82 Å². The number of fused-ring (bicyclic) bond motifs is 2. The van der Waals surface area contributed by atoms with E-state index in [1.165, 1.54) is 0 Å². The molecule has 164 valence electrons. The minimum atomic E-state index is 0.439. The molecule has 1 saturated heterocycles. The molecule has 1 fully saturated rings. The summed E-state index contributed by atoms with van der Waals surface area (Å²) in [6, 6.07) is 19.4. The van der Waals surface area contributed by atoms with E-state index in [-0.39, 0.29) is 0 Å². The van der Waals surface area contributed by atoms with Crippen LogP contribution in [0.3, 0.4) is 0 Å². The van der Waals surface area contributed by atoms with Crippen LogP contribution in [0.1, 0.15) is 12.8 Å².